The van der Waals surface area contributed by atoms with Crippen LogP contribution in [0.15, 0.2) is 6.20 Å². The van der Waals surface area contributed by atoms with Crippen molar-refractivity contribution in [2.45, 2.75) is 18.9 Å². The van der Waals surface area contributed by atoms with Crippen LogP contribution in [-0.4, -0.2) is 34.3 Å². The molecule has 92 valence electrons. The van der Waals surface area contributed by atoms with Crippen molar-refractivity contribution in [2.75, 3.05) is 23.7 Å². The van der Waals surface area contributed by atoms with Crippen molar-refractivity contribution in [2.24, 2.45) is 11.8 Å². The van der Waals surface area contributed by atoms with E-state index in [9.17, 15) is 5.11 Å². The number of hydrogen-bond acceptors (Lipinski definition) is 5. The predicted molar refractivity (Wildman–Crippen MR) is 65.9 cm³/mol. The Bertz CT molecular complexity index is 441. The van der Waals surface area contributed by atoms with Gasteiger partial charge in [0, 0.05) is 19.0 Å². The van der Waals surface area contributed by atoms with Crippen LogP contribution in [0.2, 0.25) is 5.28 Å². The van der Waals surface area contributed by atoms with Crippen LogP contribution in [0.1, 0.15) is 12.8 Å². The molecule has 0 amide bonds. The molecule has 0 bridgehead atoms. The van der Waals surface area contributed by atoms with E-state index in [0.717, 1.165) is 25.9 Å². The van der Waals surface area contributed by atoms with Crippen molar-refractivity contribution in [1.82, 2.24) is 9.97 Å². The van der Waals surface area contributed by atoms with Crippen LogP contribution in [-0.2, 0) is 0 Å². The highest BCUT2D eigenvalue weighted by atomic mass is 35.5. The Morgan fingerprint density at radius 2 is 2.24 bits per heavy atom. The van der Waals surface area contributed by atoms with Gasteiger partial charge in [0.1, 0.15) is 0 Å². The van der Waals surface area contributed by atoms with Crippen molar-refractivity contribution in [1.29, 1.82) is 0 Å². The second-order valence-electron chi connectivity index (χ2n) is 4.89. The van der Waals surface area contributed by atoms with E-state index in [1.165, 1.54) is 6.20 Å². The summed E-state index contributed by atoms with van der Waals surface area (Å²) in [5, 5.41) is 10.1. The molecule has 1 aromatic heterocycles. The number of fused-ring (bicyclic) bond motifs is 1. The Labute approximate surface area is 105 Å². The first-order valence-corrected chi connectivity index (χ1v) is 6.24. The van der Waals surface area contributed by atoms with E-state index in [-0.39, 0.29) is 11.4 Å². The molecule has 1 aromatic rings. The van der Waals surface area contributed by atoms with Gasteiger partial charge >= 0.3 is 0 Å². The van der Waals surface area contributed by atoms with Gasteiger partial charge in [-0.25, -0.2) is 4.98 Å². The number of aliphatic hydroxyl groups excluding tert-OH is 1. The SMILES string of the molecule is Nc1cnc(Cl)nc1N1CC2CCC(O)C2C1. The Hall–Kier alpha value is -1.07. The van der Waals surface area contributed by atoms with Gasteiger partial charge in [-0.05, 0) is 30.4 Å². The number of aliphatic hydroxyl groups is 1. The molecule has 1 saturated heterocycles. The summed E-state index contributed by atoms with van der Waals surface area (Å²) >= 11 is 5.79. The largest absolute Gasteiger partial charge is 0.394 e. The maximum absolute atomic E-state index is 9.87. The maximum Gasteiger partial charge on any atom is 0.224 e. The zero-order valence-electron chi connectivity index (χ0n) is 9.38. The summed E-state index contributed by atoms with van der Waals surface area (Å²) in [5.41, 5.74) is 6.41. The Morgan fingerprint density at radius 1 is 1.41 bits per heavy atom. The van der Waals surface area contributed by atoms with Crippen molar-refractivity contribution < 1.29 is 5.11 Å². The third kappa shape index (κ3) is 1.83. The van der Waals surface area contributed by atoms with Crippen molar-refractivity contribution in [3.8, 4) is 0 Å². The predicted octanol–water partition coefficient (Wildman–Crippen LogP) is 0.919. The van der Waals surface area contributed by atoms with E-state index >= 15 is 0 Å². The third-order valence-electron chi connectivity index (χ3n) is 3.89. The molecule has 3 atom stereocenters. The summed E-state index contributed by atoms with van der Waals surface area (Å²) in [4.78, 5) is 10.1. The molecule has 2 fully saturated rings. The zero-order valence-corrected chi connectivity index (χ0v) is 10.1. The van der Waals surface area contributed by atoms with Crippen LogP contribution in [0, 0.1) is 11.8 Å². The van der Waals surface area contributed by atoms with E-state index in [4.69, 9.17) is 17.3 Å². The summed E-state index contributed by atoms with van der Waals surface area (Å²) in [6.07, 6.45) is 3.36. The molecule has 0 radical (unpaired) electrons. The van der Waals surface area contributed by atoms with Gasteiger partial charge in [-0.15, -0.1) is 0 Å². The Balaban J connectivity index is 1.85. The van der Waals surface area contributed by atoms with Gasteiger partial charge < -0.3 is 15.7 Å². The summed E-state index contributed by atoms with van der Waals surface area (Å²) in [6, 6.07) is 0. The number of nitrogens with two attached hydrogens (primary N) is 1. The lowest BCUT2D eigenvalue weighted by molar-refractivity contribution is 0.133. The number of hydrogen-bond donors (Lipinski definition) is 2. The fourth-order valence-electron chi connectivity index (χ4n) is 3.02. The second-order valence-corrected chi connectivity index (χ2v) is 5.23. The smallest absolute Gasteiger partial charge is 0.224 e. The van der Waals surface area contributed by atoms with E-state index < -0.39 is 0 Å². The van der Waals surface area contributed by atoms with Gasteiger partial charge in [-0.1, -0.05) is 0 Å². The van der Waals surface area contributed by atoms with Crippen LogP contribution in [0.5, 0.6) is 0 Å². The number of aromatic nitrogens is 2. The van der Waals surface area contributed by atoms with Crippen LogP contribution < -0.4 is 10.6 Å². The van der Waals surface area contributed by atoms with E-state index in [0.29, 0.717) is 23.3 Å². The van der Waals surface area contributed by atoms with E-state index in [2.05, 4.69) is 14.9 Å². The molecule has 1 aliphatic carbocycles. The van der Waals surface area contributed by atoms with E-state index in [1.54, 1.807) is 0 Å². The molecule has 0 spiro atoms. The van der Waals surface area contributed by atoms with Gasteiger partial charge in [0.15, 0.2) is 5.82 Å². The minimum Gasteiger partial charge on any atom is -0.394 e. The molecule has 3 N–H and O–H groups in total. The quantitative estimate of drug-likeness (QED) is 0.729. The maximum atomic E-state index is 9.87. The zero-order chi connectivity index (χ0) is 12.0. The summed E-state index contributed by atoms with van der Waals surface area (Å²) in [5.74, 6) is 1.60. The third-order valence-corrected chi connectivity index (χ3v) is 4.07. The molecule has 1 saturated carbocycles. The highest BCUT2D eigenvalue weighted by Gasteiger charge is 2.42. The minimum atomic E-state index is -0.177. The molecule has 5 nitrogen and oxygen atoms in total. The molecular formula is C11H15ClN4O. The summed E-state index contributed by atoms with van der Waals surface area (Å²) in [6.45, 7) is 1.71. The lowest BCUT2D eigenvalue weighted by Crippen LogP contribution is -2.26. The number of anilines is 2. The first kappa shape index (κ1) is 11.0. The van der Waals surface area contributed by atoms with Crippen LogP contribution in [0.25, 0.3) is 0 Å². The van der Waals surface area contributed by atoms with Gasteiger partial charge in [0.2, 0.25) is 5.28 Å². The molecule has 17 heavy (non-hydrogen) atoms. The second kappa shape index (κ2) is 3.99. The van der Waals surface area contributed by atoms with Crippen LogP contribution in [0.3, 0.4) is 0 Å². The van der Waals surface area contributed by atoms with Crippen molar-refractivity contribution >= 4 is 23.1 Å². The molecule has 3 rings (SSSR count). The van der Waals surface area contributed by atoms with Crippen molar-refractivity contribution in [3.05, 3.63) is 11.5 Å². The number of halogens is 1. The minimum absolute atomic E-state index is 0.177. The Kier molecular flexibility index (Phi) is 2.60. The summed E-state index contributed by atoms with van der Waals surface area (Å²) < 4.78 is 0. The highest BCUT2D eigenvalue weighted by Crippen LogP contribution is 2.40. The van der Waals surface area contributed by atoms with Gasteiger partial charge in [-0.3, -0.25) is 0 Å². The highest BCUT2D eigenvalue weighted by molar-refractivity contribution is 6.28. The standard InChI is InChI=1S/C11H15ClN4O/c12-11-14-3-8(13)10(15-11)16-4-6-1-2-9(17)7(6)5-16/h3,6-7,9,17H,1-2,4-5,13H2. The molecular weight excluding hydrogens is 240 g/mol. The monoisotopic (exact) mass is 254 g/mol. The first-order valence-electron chi connectivity index (χ1n) is 5.86. The number of nitrogen functional groups attached to an aromatic ring is 1. The average molecular weight is 255 g/mol. The Morgan fingerprint density at radius 3 is 3.00 bits per heavy atom. The fourth-order valence-corrected chi connectivity index (χ4v) is 3.15. The van der Waals surface area contributed by atoms with Gasteiger partial charge in [-0.2, -0.15) is 4.98 Å². The first-order chi connectivity index (χ1) is 8.15. The molecule has 3 unspecified atom stereocenters. The summed E-state index contributed by atoms with van der Waals surface area (Å²) in [7, 11) is 0. The fraction of sp³-hybridized carbons (Fsp3) is 0.636. The van der Waals surface area contributed by atoms with Gasteiger partial charge in [0.25, 0.3) is 0 Å². The topological polar surface area (TPSA) is 75.3 Å². The van der Waals surface area contributed by atoms with Crippen molar-refractivity contribution in [3.63, 3.8) is 0 Å². The molecule has 0 aromatic carbocycles. The van der Waals surface area contributed by atoms with Crippen LogP contribution >= 0.6 is 11.6 Å². The number of rotatable bonds is 1. The van der Waals surface area contributed by atoms with Gasteiger partial charge in [0.05, 0.1) is 18.0 Å². The molecule has 1 aliphatic heterocycles. The lowest BCUT2D eigenvalue weighted by atomic mass is 10.00. The molecule has 6 heteroatoms. The normalized spacial score (nSPS) is 31.9. The van der Waals surface area contributed by atoms with E-state index in [1.807, 2.05) is 0 Å². The lowest BCUT2D eigenvalue weighted by Gasteiger charge is -2.20. The molecule has 2 aliphatic rings. The molecule has 2 heterocycles. The van der Waals surface area contributed by atoms with Crippen LogP contribution in [0.4, 0.5) is 11.5 Å². The number of nitrogens with zero attached hydrogens (tertiary/aromatic N) is 3. The average Bonchev–Trinajstić information content (AvgIpc) is 2.85.